The highest BCUT2D eigenvalue weighted by Gasteiger charge is 2.14. The van der Waals surface area contributed by atoms with Gasteiger partial charge in [0.2, 0.25) is 0 Å². The maximum absolute atomic E-state index is 9.84. The Morgan fingerprint density at radius 2 is 0.594 bits per heavy atom. The number of aromatic hydroxyl groups is 4. The van der Waals surface area contributed by atoms with Crippen LogP contribution in [0.15, 0.2) is 73.3 Å². The number of pyridine rings is 4. The fraction of sp³-hybridized carbons (Fsp3) is 0. The number of fused-ring (bicyclic) bond motifs is 6. The van der Waals surface area contributed by atoms with E-state index in [-0.39, 0.29) is 23.0 Å². The van der Waals surface area contributed by atoms with Crippen molar-refractivity contribution in [3.63, 3.8) is 0 Å². The molecule has 0 radical (unpaired) electrons. The lowest BCUT2D eigenvalue weighted by atomic mass is 10.1. The Kier molecular flexibility index (Phi) is 4.52. The Hall–Kier alpha value is -4.72. The van der Waals surface area contributed by atoms with E-state index in [0.29, 0.717) is 43.6 Å². The molecule has 0 aliphatic rings. The maximum atomic E-state index is 9.84. The third kappa shape index (κ3) is 2.93. The molecule has 0 saturated heterocycles. The number of hydrogen-bond donors (Lipinski definition) is 4. The van der Waals surface area contributed by atoms with Crippen LogP contribution in [0, 0.1) is 0 Å². The number of hydrogen-bond acceptors (Lipinski definition) is 8. The van der Waals surface area contributed by atoms with Crippen molar-refractivity contribution in [1.29, 1.82) is 0 Å². The summed E-state index contributed by atoms with van der Waals surface area (Å²) in [5.41, 5.74) is 2.36. The molecule has 6 rings (SSSR count). The molecular weight excluding hydrogens is 408 g/mol. The topological polar surface area (TPSA) is 132 Å². The Balaban J connectivity index is 0.000000135. The highest BCUT2D eigenvalue weighted by atomic mass is 16.3. The van der Waals surface area contributed by atoms with Crippen LogP contribution in [0.3, 0.4) is 0 Å². The first kappa shape index (κ1) is 19.3. The molecule has 0 bridgehead atoms. The minimum Gasteiger partial charge on any atom is -0.504 e. The van der Waals surface area contributed by atoms with Gasteiger partial charge in [0.05, 0.1) is 0 Å². The molecule has 0 amide bonds. The first-order chi connectivity index (χ1) is 15.6. The lowest BCUT2D eigenvalue weighted by Crippen LogP contribution is -1.86. The molecule has 0 saturated carbocycles. The number of phenolic OH excluding ortho intramolecular Hbond substituents is 4. The second kappa shape index (κ2) is 7.51. The fourth-order valence-corrected chi connectivity index (χ4v) is 3.65. The normalized spacial score (nSPS) is 11.0. The average molecular weight is 424 g/mol. The summed E-state index contributed by atoms with van der Waals surface area (Å²) >= 11 is 0. The second-order valence-electron chi connectivity index (χ2n) is 6.99. The smallest absolute Gasteiger partial charge is 0.167 e. The molecule has 0 fully saturated rings. The molecule has 2 aromatic carbocycles. The van der Waals surface area contributed by atoms with Crippen LogP contribution in [0.1, 0.15) is 0 Å². The summed E-state index contributed by atoms with van der Waals surface area (Å²) in [4.78, 5) is 16.7. The average Bonchev–Trinajstić information content (AvgIpc) is 2.86. The molecule has 0 atom stereocenters. The summed E-state index contributed by atoms with van der Waals surface area (Å²) in [5.74, 6) is -0.598. The van der Waals surface area contributed by atoms with Gasteiger partial charge in [0.1, 0.15) is 22.1 Å². The molecule has 4 aromatic heterocycles. The molecule has 0 aliphatic carbocycles. The highest BCUT2D eigenvalue weighted by Crippen LogP contribution is 2.40. The summed E-state index contributed by atoms with van der Waals surface area (Å²) in [6.07, 6.45) is 6.53. The molecule has 156 valence electrons. The van der Waals surface area contributed by atoms with Crippen LogP contribution >= 0.6 is 0 Å². The van der Waals surface area contributed by atoms with Crippen molar-refractivity contribution in [2.24, 2.45) is 0 Å². The molecule has 0 unspecified atom stereocenters. The fourth-order valence-electron chi connectivity index (χ4n) is 3.65. The number of phenols is 4. The Labute approximate surface area is 180 Å². The van der Waals surface area contributed by atoms with Gasteiger partial charge >= 0.3 is 0 Å². The molecule has 8 nitrogen and oxygen atoms in total. The molecule has 4 N–H and O–H groups in total. The van der Waals surface area contributed by atoms with E-state index in [1.807, 2.05) is 0 Å². The molecule has 8 heteroatoms. The van der Waals surface area contributed by atoms with E-state index in [2.05, 4.69) is 19.9 Å². The van der Waals surface area contributed by atoms with E-state index in [0.717, 1.165) is 0 Å². The summed E-state index contributed by atoms with van der Waals surface area (Å²) in [6, 6.07) is 13.6. The van der Waals surface area contributed by atoms with Gasteiger partial charge in [-0.15, -0.1) is 0 Å². The lowest BCUT2D eigenvalue weighted by molar-refractivity contribution is 0.412. The van der Waals surface area contributed by atoms with Gasteiger partial charge in [-0.05, 0) is 48.5 Å². The Morgan fingerprint density at radius 3 is 0.812 bits per heavy atom. The second-order valence-corrected chi connectivity index (χ2v) is 6.99. The quantitative estimate of drug-likeness (QED) is 0.208. The predicted molar refractivity (Wildman–Crippen MR) is 121 cm³/mol. The maximum Gasteiger partial charge on any atom is 0.167 e. The van der Waals surface area contributed by atoms with Gasteiger partial charge in [0.15, 0.2) is 23.0 Å². The molecule has 0 aliphatic heterocycles. The summed E-state index contributed by atoms with van der Waals surface area (Å²) < 4.78 is 0. The van der Waals surface area contributed by atoms with E-state index in [1.54, 1.807) is 73.3 Å². The molecule has 4 heterocycles. The van der Waals surface area contributed by atoms with Crippen LogP contribution in [-0.2, 0) is 0 Å². The number of benzene rings is 2. The van der Waals surface area contributed by atoms with E-state index >= 15 is 0 Å². The first-order valence-electron chi connectivity index (χ1n) is 9.64. The number of rotatable bonds is 0. The predicted octanol–water partition coefficient (Wildman–Crippen LogP) is 4.39. The van der Waals surface area contributed by atoms with E-state index in [9.17, 15) is 20.4 Å². The van der Waals surface area contributed by atoms with Crippen LogP contribution in [0.2, 0.25) is 0 Å². The first-order valence-corrected chi connectivity index (χ1v) is 9.64. The Morgan fingerprint density at radius 1 is 0.375 bits per heavy atom. The van der Waals surface area contributed by atoms with Crippen molar-refractivity contribution < 1.29 is 20.4 Å². The highest BCUT2D eigenvalue weighted by molar-refractivity contribution is 6.10. The van der Waals surface area contributed by atoms with Crippen LogP contribution in [-0.4, -0.2) is 40.4 Å². The third-order valence-corrected chi connectivity index (χ3v) is 5.15. The molecule has 6 aromatic rings. The molecular formula is C24H16N4O4. The van der Waals surface area contributed by atoms with Crippen LogP contribution in [0.5, 0.6) is 23.0 Å². The third-order valence-electron chi connectivity index (χ3n) is 5.15. The summed E-state index contributed by atoms with van der Waals surface area (Å²) in [5, 5.41) is 41.4. The van der Waals surface area contributed by atoms with Crippen molar-refractivity contribution in [1.82, 2.24) is 19.9 Å². The van der Waals surface area contributed by atoms with Crippen molar-refractivity contribution in [3.8, 4) is 23.0 Å². The van der Waals surface area contributed by atoms with Gasteiger partial charge in [-0.25, -0.2) is 0 Å². The Bertz CT molecular complexity index is 1390. The van der Waals surface area contributed by atoms with Crippen molar-refractivity contribution in [2.75, 3.05) is 0 Å². The van der Waals surface area contributed by atoms with Crippen molar-refractivity contribution in [3.05, 3.63) is 73.3 Å². The van der Waals surface area contributed by atoms with E-state index in [4.69, 9.17) is 0 Å². The SMILES string of the molecule is Oc1c(O)c2cccnc2c2ncccc12.Oc1c(O)c2cccnc2c2ncccc12. The molecule has 0 spiro atoms. The van der Waals surface area contributed by atoms with Gasteiger partial charge < -0.3 is 20.4 Å². The van der Waals surface area contributed by atoms with Gasteiger partial charge in [-0.3, -0.25) is 19.9 Å². The van der Waals surface area contributed by atoms with E-state index < -0.39 is 0 Å². The summed E-state index contributed by atoms with van der Waals surface area (Å²) in [7, 11) is 0. The number of nitrogens with zero attached hydrogens (tertiary/aromatic N) is 4. The van der Waals surface area contributed by atoms with Gasteiger partial charge in [-0.2, -0.15) is 0 Å². The lowest BCUT2D eigenvalue weighted by Gasteiger charge is -2.06. The zero-order valence-corrected chi connectivity index (χ0v) is 16.5. The number of aromatic nitrogens is 4. The monoisotopic (exact) mass is 424 g/mol. The largest absolute Gasteiger partial charge is 0.504 e. The van der Waals surface area contributed by atoms with Gasteiger partial charge in [0, 0.05) is 46.3 Å². The van der Waals surface area contributed by atoms with Crippen molar-refractivity contribution in [2.45, 2.75) is 0 Å². The van der Waals surface area contributed by atoms with Crippen LogP contribution < -0.4 is 0 Å². The van der Waals surface area contributed by atoms with Crippen molar-refractivity contribution >= 4 is 43.6 Å². The molecule has 32 heavy (non-hydrogen) atoms. The van der Waals surface area contributed by atoms with Crippen LogP contribution in [0.4, 0.5) is 0 Å². The minimum absolute atomic E-state index is 0.149. The van der Waals surface area contributed by atoms with E-state index in [1.165, 1.54) is 0 Å². The zero-order chi connectivity index (χ0) is 22.2. The standard InChI is InChI=1S/2C12H8N2O2/c2*15-11-7-3-1-5-13-9(7)10-8(12(11)16)4-2-6-14-10/h2*1-6,15-16H. The zero-order valence-electron chi connectivity index (χ0n) is 16.5. The summed E-state index contributed by atoms with van der Waals surface area (Å²) in [6.45, 7) is 0. The van der Waals surface area contributed by atoms with Gasteiger partial charge in [-0.1, -0.05) is 0 Å². The van der Waals surface area contributed by atoms with Gasteiger partial charge in [0.25, 0.3) is 0 Å². The van der Waals surface area contributed by atoms with Crippen LogP contribution in [0.25, 0.3) is 43.6 Å². The minimum atomic E-state index is -0.149.